The maximum absolute atomic E-state index is 13.2. The summed E-state index contributed by atoms with van der Waals surface area (Å²) >= 11 is 0. The van der Waals surface area contributed by atoms with Gasteiger partial charge in [-0.1, -0.05) is 6.92 Å². The summed E-state index contributed by atoms with van der Waals surface area (Å²) in [4.78, 5) is 24.5. The number of benzene rings is 1. The fraction of sp³-hybridized carbons (Fsp3) is 0.524. The smallest absolute Gasteiger partial charge is 0.254 e. The van der Waals surface area contributed by atoms with Crippen molar-refractivity contribution in [2.75, 3.05) is 57.3 Å². The summed E-state index contributed by atoms with van der Waals surface area (Å²) in [6.45, 7) is 9.85. The molecule has 1 aromatic carbocycles. The van der Waals surface area contributed by atoms with Gasteiger partial charge in [-0.05, 0) is 30.8 Å². The summed E-state index contributed by atoms with van der Waals surface area (Å²) in [5.74, 6) is 1.00. The van der Waals surface area contributed by atoms with Crippen LogP contribution in [0, 0.1) is 0 Å². The maximum Gasteiger partial charge on any atom is 0.254 e. The fourth-order valence-electron chi connectivity index (χ4n) is 4.18. The van der Waals surface area contributed by atoms with Gasteiger partial charge in [-0.15, -0.1) is 0 Å². The molecular weight excluding hydrogens is 352 g/mol. The van der Waals surface area contributed by atoms with Gasteiger partial charge in [0.2, 0.25) is 0 Å². The minimum absolute atomic E-state index is 0.0388. The average molecular weight is 383 g/mol. The van der Waals surface area contributed by atoms with E-state index in [-0.39, 0.29) is 11.9 Å². The van der Waals surface area contributed by atoms with Gasteiger partial charge in [0, 0.05) is 76.5 Å². The van der Waals surface area contributed by atoms with E-state index in [1.54, 1.807) is 6.20 Å². The van der Waals surface area contributed by atoms with E-state index in [4.69, 9.17) is 0 Å². The van der Waals surface area contributed by atoms with Crippen LogP contribution >= 0.6 is 0 Å². The number of likely N-dealkylation sites (N-methyl/N-ethyl adjacent to an activating group) is 1. The minimum Gasteiger partial charge on any atom is -0.369 e. The van der Waals surface area contributed by atoms with Gasteiger partial charge in [-0.25, -0.2) is 4.98 Å². The first-order valence-corrected chi connectivity index (χ1v) is 10.2. The first kappa shape index (κ1) is 19.0. The molecule has 2 aromatic rings. The second-order valence-electron chi connectivity index (χ2n) is 7.58. The topological polar surface area (TPSA) is 56.6 Å². The molecule has 1 aromatic heterocycles. The van der Waals surface area contributed by atoms with Crippen molar-refractivity contribution >= 4 is 11.6 Å². The highest BCUT2D eigenvalue weighted by molar-refractivity contribution is 5.95. The Bertz CT molecular complexity index is 793. The van der Waals surface area contributed by atoms with Gasteiger partial charge in [0.05, 0.1) is 0 Å². The lowest BCUT2D eigenvalue weighted by atomic mass is 10.1. The largest absolute Gasteiger partial charge is 0.369 e. The number of anilines is 1. The van der Waals surface area contributed by atoms with Crippen molar-refractivity contribution in [3.8, 4) is 0 Å². The van der Waals surface area contributed by atoms with Crippen molar-refractivity contribution in [3.05, 3.63) is 48.0 Å². The summed E-state index contributed by atoms with van der Waals surface area (Å²) in [5, 5.41) is 3.39. The Labute approximate surface area is 166 Å². The quantitative estimate of drug-likeness (QED) is 0.865. The predicted octanol–water partition coefficient (Wildman–Crippen LogP) is 1.35. The molecule has 1 atom stereocenters. The van der Waals surface area contributed by atoms with E-state index in [9.17, 15) is 4.79 Å². The van der Waals surface area contributed by atoms with Gasteiger partial charge in [0.25, 0.3) is 5.91 Å². The van der Waals surface area contributed by atoms with E-state index in [1.165, 1.54) is 5.69 Å². The lowest BCUT2D eigenvalue weighted by Crippen LogP contribution is -2.49. The summed E-state index contributed by atoms with van der Waals surface area (Å²) in [6, 6.07) is 8.09. The van der Waals surface area contributed by atoms with Crippen LogP contribution in [0.3, 0.4) is 0 Å². The molecule has 4 rings (SSSR count). The first-order chi connectivity index (χ1) is 13.7. The Hall–Kier alpha value is -2.38. The monoisotopic (exact) mass is 382 g/mol. The van der Waals surface area contributed by atoms with E-state index in [0.29, 0.717) is 6.54 Å². The van der Waals surface area contributed by atoms with Crippen molar-refractivity contribution in [1.82, 2.24) is 24.7 Å². The molecule has 0 radical (unpaired) electrons. The molecule has 7 heteroatoms. The van der Waals surface area contributed by atoms with Gasteiger partial charge in [0.15, 0.2) is 0 Å². The van der Waals surface area contributed by atoms with Crippen LogP contribution in [-0.4, -0.2) is 77.6 Å². The first-order valence-electron chi connectivity index (χ1n) is 10.2. The molecule has 0 spiro atoms. The lowest BCUT2D eigenvalue weighted by Gasteiger charge is -2.36. The van der Waals surface area contributed by atoms with Crippen LogP contribution in [0.25, 0.3) is 0 Å². The number of hydrogen-bond donors (Lipinski definition) is 1. The van der Waals surface area contributed by atoms with Gasteiger partial charge in [-0.2, -0.15) is 0 Å². The van der Waals surface area contributed by atoms with E-state index in [1.807, 2.05) is 34.8 Å². The Morgan fingerprint density at radius 1 is 1.14 bits per heavy atom. The summed E-state index contributed by atoms with van der Waals surface area (Å²) in [7, 11) is 1.98. The molecule has 0 bridgehead atoms. The summed E-state index contributed by atoms with van der Waals surface area (Å²) in [6.07, 6.45) is 3.72. The molecule has 1 N–H and O–H groups in total. The molecule has 2 fully saturated rings. The zero-order valence-corrected chi connectivity index (χ0v) is 16.8. The van der Waals surface area contributed by atoms with Crippen molar-refractivity contribution < 1.29 is 4.79 Å². The number of rotatable bonds is 4. The zero-order valence-electron chi connectivity index (χ0n) is 16.8. The van der Waals surface area contributed by atoms with Crippen LogP contribution in [0.2, 0.25) is 0 Å². The molecule has 1 amide bonds. The number of aromatic nitrogens is 2. The van der Waals surface area contributed by atoms with Crippen molar-refractivity contribution in [2.45, 2.75) is 13.0 Å². The number of carbonyl (C=O) groups excluding carboxylic acids is 1. The third kappa shape index (κ3) is 3.77. The summed E-state index contributed by atoms with van der Waals surface area (Å²) in [5.41, 5.74) is 1.95. The predicted molar refractivity (Wildman–Crippen MR) is 111 cm³/mol. The van der Waals surface area contributed by atoms with Crippen molar-refractivity contribution in [3.63, 3.8) is 0 Å². The molecule has 3 heterocycles. The number of aryl methyl sites for hydroxylation is 1. The molecule has 1 unspecified atom stereocenters. The lowest BCUT2D eigenvalue weighted by molar-refractivity contribution is 0.0621. The van der Waals surface area contributed by atoms with Crippen molar-refractivity contribution in [2.24, 2.45) is 7.05 Å². The molecule has 0 saturated carbocycles. The zero-order chi connectivity index (χ0) is 19.5. The van der Waals surface area contributed by atoms with Crippen LogP contribution in [0.1, 0.15) is 29.1 Å². The van der Waals surface area contributed by atoms with Crippen molar-refractivity contribution in [1.29, 1.82) is 0 Å². The van der Waals surface area contributed by atoms with E-state index >= 15 is 0 Å². The number of nitrogens with one attached hydrogen (secondary N) is 1. The highest BCUT2D eigenvalue weighted by Gasteiger charge is 2.31. The van der Waals surface area contributed by atoms with Gasteiger partial charge in [-0.3, -0.25) is 4.79 Å². The number of hydrogen-bond acceptors (Lipinski definition) is 5. The molecule has 0 aliphatic carbocycles. The highest BCUT2D eigenvalue weighted by atomic mass is 16.2. The Balaban J connectivity index is 1.47. The molecule has 2 aliphatic rings. The maximum atomic E-state index is 13.2. The van der Waals surface area contributed by atoms with Gasteiger partial charge in [0.1, 0.15) is 11.9 Å². The standard InChI is InChI=1S/C21H30N6O/c1-3-25-12-14-26(15-13-25)18-6-4-17(5-7-18)21(28)27-11-8-22-16-19(27)20-23-9-10-24(20)2/h4-7,9-10,19,22H,3,8,11-16H2,1-2H3. The average Bonchev–Trinajstić information content (AvgIpc) is 3.19. The molecule has 2 aliphatic heterocycles. The van der Waals surface area contributed by atoms with Crippen LogP contribution in [0.4, 0.5) is 5.69 Å². The SMILES string of the molecule is CCN1CCN(c2ccc(C(=O)N3CCNCC3c3nccn3C)cc2)CC1. The van der Waals surface area contributed by atoms with Crippen LogP contribution in [-0.2, 0) is 7.05 Å². The number of nitrogens with zero attached hydrogens (tertiary/aromatic N) is 5. The number of amides is 1. The Kier molecular flexibility index (Phi) is 5.64. The number of piperazine rings is 2. The van der Waals surface area contributed by atoms with Crippen LogP contribution < -0.4 is 10.2 Å². The van der Waals surface area contributed by atoms with E-state index in [0.717, 1.165) is 57.2 Å². The summed E-state index contributed by atoms with van der Waals surface area (Å²) < 4.78 is 2.00. The van der Waals surface area contributed by atoms with E-state index in [2.05, 4.69) is 39.2 Å². The normalized spacial score (nSPS) is 21.1. The second kappa shape index (κ2) is 8.32. The molecule has 7 nitrogen and oxygen atoms in total. The van der Waals surface area contributed by atoms with Gasteiger partial charge >= 0.3 is 0 Å². The molecule has 150 valence electrons. The highest BCUT2D eigenvalue weighted by Crippen LogP contribution is 2.24. The van der Waals surface area contributed by atoms with Gasteiger partial charge < -0.3 is 24.6 Å². The third-order valence-electron chi connectivity index (χ3n) is 5.96. The number of carbonyl (C=O) groups is 1. The van der Waals surface area contributed by atoms with Crippen LogP contribution in [0.5, 0.6) is 0 Å². The second-order valence-corrected chi connectivity index (χ2v) is 7.58. The van der Waals surface area contributed by atoms with E-state index < -0.39 is 0 Å². The third-order valence-corrected chi connectivity index (χ3v) is 5.96. The Morgan fingerprint density at radius 2 is 1.89 bits per heavy atom. The fourth-order valence-corrected chi connectivity index (χ4v) is 4.18. The molecular formula is C21H30N6O. The number of imidazole rings is 1. The van der Waals surface area contributed by atoms with Crippen LogP contribution in [0.15, 0.2) is 36.7 Å². The minimum atomic E-state index is -0.0388. The molecule has 28 heavy (non-hydrogen) atoms. The Morgan fingerprint density at radius 3 is 2.54 bits per heavy atom. The molecule has 2 saturated heterocycles.